The van der Waals surface area contributed by atoms with Crippen LogP contribution in [0.25, 0.3) is 0 Å². The van der Waals surface area contributed by atoms with Gasteiger partial charge >= 0.3 is 0 Å². The van der Waals surface area contributed by atoms with Gasteiger partial charge in [0.15, 0.2) is 0 Å². The lowest BCUT2D eigenvalue weighted by Gasteiger charge is -2.31. The van der Waals surface area contributed by atoms with Gasteiger partial charge in [0, 0.05) is 19.1 Å². The number of nitrogens with one attached hydrogen (secondary N) is 1. The minimum Gasteiger partial charge on any atom is -0.311 e. The molecule has 1 aromatic rings. The molecule has 20 heavy (non-hydrogen) atoms. The smallest absolute Gasteiger partial charge is 0.0547 e. The maximum absolute atomic E-state index is 4.81. The number of hydrogen-bond donors (Lipinski definition) is 1. The summed E-state index contributed by atoms with van der Waals surface area (Å²) in [5.41, 5.74) is 2.41. The predicted octanol–water partition coefficient (Wildman–Crippen LogP) is 2.96. The number of hydrogen-bond acceptors (Lipinski definition) is 3. The van der Waals surface area contributed by atoms with Crippen molar-refractivity contribution in [2.75, 3.05) is 13.1 Å². The molecule has 2 aliphatic rings. The summed E-state index contributed by atoms with van der Waals surface area (Å²) in [5, 5.41) is 3.35. The zero-order valence-electron chi connectivity index (χ0n) is 12.6. The summed E-state index contributed by atoms with van der Waals surface area (Å²) in [6.45, 7) is 6.34. The van der Waals surface area contributed by atoms with Gasteiger partial charge in [-0.2, -0.15) is 0 Å². The van der Waals surface area contributed by atoms with E-state index in [0.29, 0.717) is 0 Å². The minimum absolute atomic E-state index is 0.836. The molecule has 0 bridgehead atoms. The van der Waals surface area contributed by atoms with Crippen molar-refractivity contribution in [2.45, 2.75) is 58.2 Å². The highest BCUT2D eigenvalue weighted by atomic mass is 15.2. The molecule has 2 fully saturated rings. The van der Waals surface area contributed by atoms with Crippen molar-refractivity contribution in [1.29, 1.82) is 0 Å². The molecule has 3 nitrogen and oxygen atoms in total. The zero-order chi connectivity index (χ0) is 13.8. The number of pyridine rings is 1. The molecule has 1 aromatic heterocycles. The largest absolute Gasteiger partial charge is 0.311 e. The van der Waals surface area contributed by atoms with Crippen LogP contribution < -0.4 is 5.32 Å². The molecule has 110 valence electrons. The maximum atomic E-state index is 4.81. The van der Waals surface area contributed by atoms with Crippen molar-refractivity contribution < 1.29 is 0 Å². The predicted molar refractivity (Wildman–Crippen MR) is 82.4 cm³/mol. The van der Waals surface area contributed by atoms with Gasteiger partial charge in [-0.15, -0.1) is 0 Å². The Morgan fingerprint density at radius 1 is 1.20 bits per heavy atom. The van der Waals surface area contributed by atoms with E-state index in [1.807, 2.05) is 0 Å². The molecular weight excluding hydrogens is 246 g/mol. The van der Waals surface area contributed by atoms with Crippen LogP contribution in [-0.2, 0) is 13.1 Å². The van der Waals surface area contributed by atoms with Crippen molar-refractivity contribution >= 4 is 0 Å². The van der Waals surface area contributed by atoms with Gasteiger partial charge in [0.2, 0.25) is 0 Å². The summed E-state index contributed by atoms with van der Waals surface area (Å²) in [4.78, 5) is 7.49. The van der Waals surface area contributed by atoms with Gasteiger partial charge in [-0.05, 0) is 50.4 Å². The second kappa shape index (κ2) is 6.68. The molecule has 1 aliphatic heterocycles. The second-order valence-electron chi connectivity index (χ2n) is 6.27. The van der Waals surface area contributed by atoms with E-state index in [-0.39, 0.29) is 0 Å². The summed E-state index contributed by atoms with van der Waals surface area (Å²) in [5.74, 6) is 0.966. The SMILES string of the molecule is CCNCc1cccc(CN2CCC3CCCCC32)n1. The van der Waals surface area contributed by atoms with Crippen LogP contribution in [0.2, 0.25) is 0 Å². The van der Waals surface area contributed by atoms with E-state index in [1.54, 1.807) is 0 Å². The van der Waals surface area contributed by atoms with E-state index >= 15 is 0 Å². The fourth-order valence-electron chi connectivity index (χ4n) is 3.88. The van der Waals surface area contributed by atoms with Crippen LogP contribution in [0.5, 0.6) is 0 Å². The summed E-state index contributed by atoms with van der Waals surface area (Å²) >= 11 is 0. The summed E-state index contributed by atoms with van der Waals surface area (Å²) in [6.07, 6.45) is 7.13. The molecule has 2 heterocycles. The molecule has 0 radical (unpaired) electrons. The molecule has 2 atom stereocenters. The molecule has 0 spiro atoms. The van der Waals surface area contributed by atoms with E-state index in [1.165, 1.54) is 50.0 Å². The van der Waals surface area contributed by atoms with E-state index in [9.17, 15) is 0 Å². The number of fused-ring (bicyclic) bond motifs is 1. The third-order valence-corrected chi connectivity index (χ3v) is 4.91. The number of aromatic nitrogens is 1. The first-order chi connectivity index (χ1) is 9.86. The first-order valence-corrected chi connectivity index (χ1v) is 8.26. The molecule has 1 N–H and O–H groups in total. The van der Waals surface area contributed by atoms with Crippen LogP contribution >= 0.6 is 0 Å². The van der Waals surface area contributed by atoms with Crippen molar-refractivity contribution in [2.24, 2.45) is 5.92 Å². The normalized spacial score (nSPS) is 26.6. The molecule has 1 aliphatic carbocycles. The lowest BCUT2D eigenvalue weighted by Crippen LogP contribution is -2.34. The van der Waals surface area contributed by atoms with Gasteiger partial charge in [0.1, 0.15) is 0 Å². The molecular formula is C17H27N3. The molecule has 0 aromatic carbocycles. The van der Waals surface area contributed by atoms with Crippen LogP contribution in [0.15, 0.2) is 18.2 Å². The van der Waals surface area contributed by atoms with E-state index in [4.69, 9.17) is 4.98 Å². The maximum Gasteiger partial charge on any atom is 0.0547 e. The van der Waals surface area contributed by atoms with Crippen LogP contribution in [0, 0.1) is 5.92 Å². The van der Waals surface area contributed by atoms with Crippen molar-refractivity contribution in [3.05, 3.63) is 29.6 Å². The summed E-state index contributed by atoms with van der Waals surface area (Å²) in [7, 11) is 0. The van der Waals surface area contributed by atoms with Crippen LogP contribution in [0.1, 0.15) is 50.4 Å². The van der Waals surface area contributed by atoms with Gasteiger partial charge in [0.25, 0.3) is 0 Å². The summed E-state index contributed by atoms with van der Waals surface area (Å²) in [6, 6.07) is 7.30. The van der Waals surface area contributed by atoms with E-state index in [2.05, 4.69) is 35.3 Å². The molecule has 1 saturated heterocycles. The van der Waals surface area contributed by atoms with Crippen molar-refractivity contribution in [1.82, 2.24) is 15.2 Å². The lowest BCUT2D eigenvalue weighted by molar-refractivity contribution is 0.174. The molecule has 0 amide bonds. The minimum atomic E-state index is 0.836. The average molecular weight is 273 g/mol. The van der Waals surface area contributed by atoms with Crippen molar-refractivity contribution in [3.63, 3.8) is 0 Å². The van der Waals surface area contributed by atoms with Gasteiger partial charge in [0.05, 0.1) is 11.4 Å². The highest BCUT2D eigenvalue weighted by Gasteiger charge is 2.35. The molecule has 1 saturated carbocycles. The zero-order valence-corrected chi connectivity index (χ0v) is 12.6. The van der Waals surface area contributed by atoms with E-state index in [0.717, 1.165) is 31.6 Å². The fourth-order valence-corrected chi connectivity index (χ4v) is 3.88. The molecule has 3 heteroatoms. The average Bonchev–Trinajstić information content (AvgIpc) is 2.89. The Morgan fingerprint density at radius 3 is 2.95 bits per heavy atom. The standard InChI is InChI=1S/C17H27N3/c1-2-18-12-15-7-5-8-16(19-15)13-20-11-10-14-6-3-4-9-17(14)20/h5,7-8,14,17-18H,2-4,6,9-13H2,1H3. The highest BCUT2D eigenvalue weighted by Crippen LogP contribution is 2.36. The molecule has 2 unspecified atom stereocenters. The topological polar surface area (TPSA) is 28.2 Å². The van der Waals surface area contributed by atoms with Crippen LogP contribution in [0.4, 0.5) is 0 Å². The van der Waals surface area contributed by atoms with Crippen molar-refractivity contribution in [3.8, 4) is 0 Å². The monoisotopic (exact) mass is 273 g/mol. The first-order valence-electron chi connectivity index (χ1n) is 8.26. The number of likely N-dealkylation sites (tertiary alicyclic amines) is 1. The summed E-state index contributed by atoms with van der Waals surface area (Å²) < 4.78 is 0. The van der Waals surface area contributed by atoms with Gasteiger partial charge in [-0.3, -0.25) is 9.88 Å². The third kappa shape index (κ3) is 3.21. The Kier molecular flexibility index (Phi) is 4.69. The highest BCUT2D eigenvalue weighted by molar-refractivity contribution is 5.12. The number of nitrogens with zero attached hydrogens (tertiary/aromatic N) is 2. The Balaban J connectivity index is 1.62. The van der Waals surface area contributed by atoms with Crippen LogP contribution in [0.3, 0.4) is 0 Å². The van der Waals surface area contributed by atoms with E-state index < -0.39 is 0 Å². The Morgan fingerprint density at radius 2 is 2.05 bits per heavy atom. The fraction of sp³-hybridized carbons (Fsp3) is 0.706. The quantitative estimate of drug-likeness (QED) is 0.894. The van der Waals surface area contributed by atoms with Crippen LogP contribution in [-0.4, -0.2) is 29.0 Å². The van der Waals surface area contributed by atoms with Gasteiger partial charge in [-0.1, -0.05) is 25.8 Å². The third-order valence-electron chi connectivity index (χ3n) is 4.91. The van der Waals surface area contributed by atoms with Gasteiger partial charge < -0.3 is 5.32 Å². The Labute approximate surface area is 122 Å². The molecule has 3 rings (SSSR count). The Bertz CT molecular complexity index is 432. The number of rotatable bonds is 5. The van der Waals surface area contributed by atoms with Gasteiger partial charge in [-0.25, -0.2) is 0 Å². The second-order valence-corrected chi connectivity index (χ2v) is 6.27. The first kappa shape index (κ1) is 14.0. The Hall–Kier alpha value is -0.930. The lowest BCUT2D eigenvalue weighted by atomic mass is 9.85.